The van der Waals surface area contributed by atoms with Crippen molar-refractivity contribution in [1.29, 1.82) is 0 Å². The van der Waals surface area contributed by atoms with E-state index in [0.29, 0.717) is 12.0 Å². The molecule has 3 heteroatoms. The van der Waals surface area contributed by atoms with E-state index in [0.717, 1.165) is 18.8 Å². The maximum atomic E-state index is 4.48. The van der Waals surface area contributed by atoms with E-state index in [9.17, 15) is 0 Å². The summed E-state index contributed by atoms with van der Waals surface area (Å²) in [6.45, 7) is 8.54. The molecule has 1 saturated carbocycles. The molecule has 0 unspecified atom stereocenters. The highest BCUT2D eigenvalue weighted by molar-refractivity contribution is 5.54. The van der Waals surface area contributed by atoms with Crippen molar-refractivity contribution in [3.8, 4) is 0 Å². The van der Waals surface area contributed by atoms with Crippen molar-refractivity contribution < 1.29 is 0 Å². The van der Waals surface area contributed by atoms with Crippen LogP contribution < -0.4 is 10.2 Å². The van der Waals surface area contributed by atoms with E-state index < -0.39 is 0 Å². The maximum Gasteiger partial charge on any atom is 0.0445 e. The summed E-state index contributed by atoms with van der Waals surface area (Å²) in [6, 6.07) is 2.95. The topological polar surface area (TPSA) is 28.2 Å². The fraction of sp³-hybridized carbons (Fsp3) is 0.706. The van der Waals surface area contributed by atoms with Gasteiger partial charge in [-0.2, -0.15) is 0 Å². The van der Waals surface area contributed by atoms with Gasteiger partial charge in [-0.3, -0.25) is 4.98 Å². The lowest BCUT2D eigenvalue weighted by molar-refractivity contribution is 0.550. The zero-order valence-electron chi connectivity index (χ0n) is 13.4. The van der Waals surface area contributed by atoms with Gasteiger partial charge in [0.25, 0.3) is 0 Å². The smallest absolute Gasteiger partial charge is 0.0445 e. The molecule has 1 fully saturated rings. The van der Waals surface area contributed by atoms with Crippen molar-refractivity contribution in [2.45, 2.75) is 59.0 Å². The van der Waals surface area contributed by atoms with Crippen LogP contribution in [0.25, 0.3) is 0 Å². The minimum absolute atomic E-state index is 0.685. The molecule has 1 heterocycles. The van der Waals surface area contributed by atoms with Gasteiger partial charge in [-0.1, -0.05) is 26.7 Å². The Morgan fingerprint density at radius 2 is 2.05 bits per heavy atom. The molecule has 112 valence electrons. The fourth-order valence-corrected chi connectivity index (χ4v) is 3.02. The molecule has 3 nitrogen and oxygen atoms in total. The number of hydrogen-bond donors (Lipinski definition) is 1. The van der Waals surface area contributed by atoms with E-state index in [1.807, 2.05) is 6.20 Å². The second-order valence-corrected chi connectivity index (χ2v) is 6.53. The first-order chi connectivity index (χ1) is 9.58. The number of rotatable bonds is 6. The number of anilines is 1. The molecule has 0 aliphatic heterocycles. The summed E-state index contributed by atoms with van der Waals surface area (Å²) in [7, 11) is 2.25. The molecule has 0 saturated heterocycles. The molecule has 0 atom stereocenters. The summed E-state index contributed by atoms with van der Waals surface area (Å²) in [5, 5.41) is 3.54. The highest BCUT2D eigenvalue weighted by Crippen LogP contribution is 2.29. The third-order valence-electron chi connectivity index (χ3n) is 4.22. The van der Waals surface area contributed by atoms with Crippen LogP contribution in [0.1, 0.15) is 50.8 Å². The summed E-state index contributed by atoms with van der Waals surface area (Å²) in [6.07, 6.45) is 7.46. The van der Waals surface area contributed by atoms with Gasteiger partial charge in [-0.15, -0.1) is 0 Å². The van der Waals surface area contributed by atoms with Gasteiger partial charge in [0.15, 0.2) is 0 Å². The second-order valence-electron chi connectivity index (χ2n) is 6.53. The van der Waals surface area contributed by atoms with Crippen LogP contribution in [0.15, 0.2) is 12.3 Å². The first kappa shape index (κ1) is 15.3. The number of pyridine rings is 1. The van der Waals surface area contributed by atoms with Crippen molar-refractivity contribution in [1.82, 2.24) is 10.3 Å². The van der Waals surface area contributed by atoms with Gasteiger partial charge in [-0.05, 0) is 38.3 Å². The third kappa shape index (κ3) is 3.95. The minimum atomic E-state index is 0.685. The predicted octanol–water partition coefficient (Wildman–Crippen LogP) is 3.51. The van der Waals surface area contributed by atoms with E-state index in [-0.39, 0.29) is 0 Å². The first-order valence-corrected chi connectivity index (χ1v) is 7.97. The average Bonchev–Trinajstić information content (AvgIpc) is 2.93. The molecule has 1 aliphatic rings. The van der Waals surface area contributed by atoms with Crippen LogP contribution in [0.3, 0.4) is 0 Å². The van der Waals surface area contributed by atoms with Crippen molar-refractivity contribution in [2.75, 3.05) is 18.5 Å². The Hall–Kier alpha value is -1.09. The van der Waals surface area contributed by atoms with Gasteiger partial charge < -0.3 is 10.2 Å². The van der Waals surface area contributed by atoms with Gasteiger partial charge in [-0.25, -0.2) is 0 Å². The Bertz CT molecular complexity index is 422. The van der Waals surface area contributed by atoms with Crippen LogP contribution in [0.2, 0.25) is 0 Å². The maximum absolute atomic E-state index is 4.48. The van der Waals surface area contributed by atoms with E-state index in [4.69, 9.17) is 0 Å². The summed E-state index contributed by atoms with van der Waals surface area (Å²) in [5.74, 6) is 0.685. The summed E-state index contributed by atoms with van der Waals surface area (Å²) < 4.78 is 0. The monoisotopic (exact) mass is 275 g/mol. The molecule has 0 radical (unpaired) electrons. The lowest BCUT2D eigenvalue weighted by atomic mass is 10.1. The molecule has 1 N–H and O–H groups in total. The van der Waals surface area contributed by atoms with Gasteiger partial charge in [0.1, 0.15) is 0 Å². The van der Waals surface area contributed by atoms with Crippen LogP contribution in [-0.4, -0.2) is 24.6 Å². The highest BCUT2D eigenvalue weighted by atomic mass is 15.1. The lowest BCUT2D eigenvalue weighted by Gasteiger charge is -2.29. The first-order valence-electron chi connectivity index (χ1n) is 7.97. The van der Waals surface area contributed by atoms with Crippen molar-refractivity contribution in [3.63, 3.8) is 0 Å². The molecule has 0 aromatic carbocycles. The van der Waals surface area contributed by atoms with Crippen LogP contribution in [0, 0.1) is 12.8 Å². The minimum Gasteiger partial charge on any atom is -0.371 e. The number of aryl methyl sites for hydroxylation is 1. The van der Waals surface area contributed by atoms with Gasteiger partial charge in [0.05, 0.1) is 0 Å². The van der Waals surface area contributed by atoms with Crippen LogP contribution in [0.4, 0.5) is 5.69 Å². The normalized spacial score (nSPS) is 16.1. The Balaban J connectivity index is 2.10. The quantitative estimate of drug-likeness (QED) is 0.861. The van der Waals surface area contributed by atoms with E-state index >= 15 is 0 Å². The van der Waals surface area contributed by atoms with Crippen molar-refractivity contribution >= 4 is 5.69 Å². The fourth-order valence-electron chi connectivity index (χ4n) is 3.02. The Kier molecular flexibility index (Phi) is 5.41. The van der Waals surface area contributed by atoms with Gasteiger partial charge in [0, 0.05) is 42.8 Å². The van der Waals surface area contributed by atoms with Gasteiger partial charge in [0.2, 0.25) is 0 Å². The van der Waals surface area contributed by atoms with E-state index in [1.165, 1.54) is 36.9 Å². The number of nitrogens with one attached hydrogen (secondary N) is 1. The molecule has 1 aromatic heterocycles. The number of hydrogen-bond acceptors (Lipinski definition) is 3. The Morgan fingerprint density at radius 1 is 1.35 bits per heavy atom. The van der Waals surface area contributed by atoms with Crippen molar-refractivity contribution in [2.24, 2.45) is 5.92 Å². The molecule has 1 aromatic rings. The van der Waals surface area contributed by atoms with Crippen molar-refractivity contribution in [3.05, 3.63) is 23.5 Å². The number of aromatic nitrogens is 1. The molecule has 1 aliphatic carbocycles. The number of nitrogens with zero attached hydrogens (tertiary/aromatic N) is 2. The molecular formula is C17H29N3. The van der Waals surface area contributed by atoms with Gasteiger partial charge >= 0.3 is 0 Å². The average molecular weight is 275 g/mol. The molecule has 0 spiro atoms. The van der Waals surface area contributed by atoms with Crippen LogP contribution in [0.5, 0.6) is 0 Å². The summed E-state index contributed by atoms with van der Waals surface area (Å²) in [5.41, 5.74) is 3.80. The molecule has 2 rings (SSSR count). The zero-order chi connectivity index (χ0) is 14.5. The Morgan fingerprint density at radius 3 is 2.70 bits per heavy atom. The lowest BCUT2D eigenvalue weighted by Crippen LogP contribution is -2.31. The van der Waals surface area contributed by atoms with Crippen LogP contribution in [-0.2, 0) is 6.54 Å². The largest absolute Gasteiger partial charge is 0.371 e. The van der Waals surface area contributed by atoms with E-state index in [2.05, 4.69) is 49.1 Å². The molecular weight excluding hydrogens is 246 g/mol. The highest BCUT2D eigenvalue weighted by Gasteiger charge is 2.21. The molecule has 0 bridgehead atoms. The SMILES string of the molecule is Cc1cc(N(C)C2CCCC2)c(CNCC(C)C)cn1. The van der Waals surface area contributed by atoms with Crippen LogP contribution >= 0.6 is 0 Å². The standard InChI is InChI=1S/C17H29N3/c1-13(2)10-18-11-15-12-19-14(3)9-17(15)20(4)16-7-5-6-8-16/h9,12-13,16,18H,5-8,10-11H2,1-4H3. The van der Waals surface area contributed by atoms with E-state index in [1.54, 1.807) is 0 Å². The third-order valence-corrected chi connectivity index (χ3v) is 4.22. The molecule has 20 heavy (non-hydrogen) atoms. The second kappa shape index (κ2) is 7.07. The predicted molar refractivity (Wildman–Crippen MR) is 86.2 cm³/mol. The summed E-state index contributed by atoms with van der Waals surface area (Å²) in [4.78, 5) is 6.96. The zero-order valence-corrected chi connectivity index (χ0v) is 13.4. The Labute approximate surface area is 123 Å². The summed E-state index contributed by atoms with van der Waals surface area (Å²) >= 11 is 0. The molecule has 0 amide bonds.